The van der Waals surface area contributed by atoms with Crippen LogP contribution in [-0.2, 0) is 6.61 Å². The largest absolute Gasteiger partial charge is 0.508 e. The molecule has 1 aliphatic heterocycles. The molecule has 1 atom stereocenters. The third-order valence-corrected chi connectivity index (χ3v) is 6.28. The molecule has 3 N–H and O–H groups in total. The Kier molecular flexibility index (Phi) is 6.82. The Labute approximate surface area is 208 Å². The first kappa shape index (κ1) is 23.0. The van der Waals surface area contributed by atoms with Gasteiger partial charge in [-0.2, -0.15) is 5.26 Å². The number of nitrogens with zero attached hydrogens (tertiary/aromatic N) is 1. The summed E-state index contributed by atoms with van der Waals surface area (Å²) in [7, 11) is 0. The molecule has 6 nitrogen and oxygen atoms in total. The van der Waals surface area contributed by atoms with Crippen LogP contribution in [0.4, 0.5) is 0 Å². The summed E-state index contributed by atoms with van der Waals surface area (Å²) in [6, 6.07) is 18.6. The number of fused-ring (bicyclic) bond motifs is 1. The van der Waals surface area contributed by atoms with E-state index in [2.05, 4.69) is 37.9 Å². The van der Waals surface area contributed by atoms with Gasteiger partial charge < -0.3 is 25.1 Å². The number of nitrogens with two attached hydrogens (primary N) is 1. The number of phenolic OH excluding ortho intramolecular Hbond substituents is 1. The number of phenols is 1. The molecule has 0 amide bonds. The lowest BCUT2D eigenvalue weighted by Gasteiger charge is -2.27. The maximum Gasteiger partial charge on any atom is 0.205 e. The van der Waals surface area contributed by atoms with E-state index >= 15 is 0 Å². The highest BCUT2D eigenvalue weighted by molar-refractivity contribution is 9.10. The normalized spacial score (nSPS) is 14.8. The zero-order chi connectivity index (χ0) is 23.5. The molecule has 4 rings (SSSR count). The summed E-state index contributed by atoms with van der Waals surface area (Å²) in [6.45, 7) is 2.69. The summed E-state index contributed by atoms with van der Waals surface area (Å²) < 4.78 is 19.3. The Hall–Kier alpha value is -3.15. The van der Waals surface area contributed by atoms with Crippen LogP contribution in [0.25, 0.3) is 0 Å². The van der Waals surface area contributed by atoms with Crippen LogP contribution in [-0.4, -0.2) is 11.7 Å². The van der Waals surface area contributed by atoms with Crippen LogP contribution in [0.5, 0.6) is 23.0 Å². The third kappa shape index (κ3) is 4.80. The number of hydrogen-bond donors (Lipinski definition) is 2. The van der Waals surface area contributed by atoms with Crippen molar-refractivity contribution < 1.29 is 19.3 Å². The van der Waals surface area contributed by atoms with Crippen molar-refractivity contribution >= 4 is 31.9 Å². The molecule has 0 fully saturated rings. The molecule has 0 saturated heterocycles. The van der Waals surface area contributed by atoms with E-state index in [9.17, 15) is 10.4 Å². The topological polar surface area (TPSA) is 97.7 Å². The Morgan fingerprint density at radius 3 is 2.55 bits per heavy atom. The molecule has 168 valence electrons. The summed E-state index contributed by atoms with van der Waals surface area (Å²) in [6.07, 6.45) is 0. The van der Waals surface area contributed by atoms with Gasteiger partial charge in [-0.3, -0.25) is 0 Å². The van der Waals surface area contributed by atoms with Crippen molar-refractivity contribution in [1.82, 2.24) is 0 Å². The minimum atomic E-state index is -0.490. The number of aromatic hydroxyl groups is 1. The smallest absolute Gasteiger partial charge is 0.205 e. The van der Waals surface area contributed by atoms with Crippen LogP contribution < -0.4 is 19.9 Å². The highest BCUT2D eigenvalue weighted by Crippen LogP contribution is 2.47. The summed E-state index contributed by atoms with van der Waals surface area (Å²) in [5, 5.41) is 19.7. The van der Waals surface area contributed by atoms with Crippen molar-refractivity contribution in [2.45, 2.75) is 19.4 Å². The van der Waals surface area contributed by atoms with Crippen molar-refractivity contribution in [1.29, 1.82) is 5.26 Å². The highest BCUT2D eigenvalue weighted by atomic mass is 79.9. The van der Waals surface area contributed by atoms with Crippen LogP contribution in [0, 0.1) is 11.3 Å². The molecule has 1 aliphatic rings. The predicted molar refractivity (Wildman–Crippen MR) is 131 cm³/mol. The average molecular weight is 572 g/mol. The van der Waals surface area contributed by atoms with Gasteiger partial charge in [0.1, 0.15) is 29.7 Å². The fourth-order valence-electron chi connectivity index (χ4n) is 3.68. The maximum absolute atomic E-state index is 9.87. The number of allylic oxidation sites excluding steroid dienone is 1. The summed E-state index contributed by atoms with van der Waals surface area (Å²) in [5.41, 5.74) is 8.84. The quantitative estimate of drug-likeness (QED) is 0.370. The van der Waals surface area contributed by atoms with E-state index in [0.717, 1.165) is 21.2 Å². The molecule has 0 aromatic heterocycles. The van der Waals surface area contributed by atoms with Gasteiger partial charge in [-0.15, -0.1) is 0 Å². The lowest BCUT2D eigenvalue weighted by Crippen LogP contribution is -2.21. The molecule has 0 spiro atoms. The van der Waals surface area contributed by atoms with Gasteiger partial charge in [-0.1, -0.05) is 34.1 Å². The Morgan fingerprint density at radius 1 is 1.09 bits per heavy atom. The highest BCUT2D eigenvalue weighted by Gasteiger charge is 2.32. The fourth-order valence-corrected chi connectivity index (χ4v) is 4.52. The number of halogens is 2. The predicted octanol–water partition coefficient (Wildman–Crippen LogP) is 6.11. The lowest BCUT2D eigenvalue weighted by atomic mass is 9.83. The van der Waals surface area contributed by atoms with E-state index in [0.29, 0.717) is 34.9 Å². The van der Waals surface area contributed by atoms with E-state index in [4.69, 9.17) is 19.9 Å². The number of benzene rings is 3. The number of ether oxygens (including phenoxy) is 3. The monoisotopic (exact) mass is 570 g/mol. The van der Waals surface area contributed by atoms with Crippen LogP contribution >= 0.6 is 31.9 Å². The van der Waals surface area contributed by atoms with Crippen molar-refractivity contribution in [2.75, 3.05) is 6.61 Å². The minimum Gasteiger partial charge on any atom is -0.508 e. The second-order valence-electron chi connectivity index (χ2n) is 7.33. The molecule has 1 heterocycles. The Balaban J connectivity index is 1.75. The van der Waals surface area contributed by atoms with Crippen LogP contribution in [0.1, 0.15) is 29.5 Å². The average Bonchev–Trinajstić information content (AvgIpc) is 2.78. The van der Waals surface area contributed by atoms with E-state index in [1.54, 1.807) is 12.1 Å². The molecule has 0 radical (unpaired) electrons. The van der Waals surface area contributed by atoms with Gasteiger partial charge in [0.15, 0.2) is 11.5 Å². The molecule has 0 unspecified atom stereocenters. The number of hydrogen-bond acceptors (Lipinski definition) is 6. The summed E-state index contributed by atoms with van der Waals surface area (Å²) in [4.78, 5) is 0. The van der Waals surface area contributed by atoms with Crippen molar-refractivity contribution in [3.05, 3.63) is 91.7 Å². The van der Waals surface area contributed by atoms with Gasteiger partial charge in [0.2, 0.25) is 5.88 Å². The summed E-state index contributed by atoms with van der Waals surface area (Å²) in [5.74, 6) is 1.08. The van der Waals surface area contributed by atoms with Gasteiger partial charge in [-0.05, 0) is 64.3 Å². The van der Waals surface area contributed by atoms with Crippen molar-refractivity contribution in [3.63, 3.8) is 0 Å². The lowest BCUT2D eigenvalue weighted by molar-refractivity contribution is 0.267. The van der Waals surface area contributed by atoms with Crippen molar-refractivity contribution in [3.8, 4) is 29.1 Å². The van der Waals surface area contributed by atoms with Gasteiger partial charge in [-0.25, -0.2) is 0 Å². The van der Waals surface area contributed by atoms with Gasteiger partial charge in [0, 0.05) is 16.1 Å². The molecule has 0 bridgehead atoms. The van der Waals surface area contributed by atoms with Gasteiger partial charge in [0.25, 0.3) is 0 Å². The van der Waals surface area contributed by atoms with Crippen molar-refractivity contribution in [2.24, 2.45) is 5.73 Å². The van der Waals surface area contributed by atoms with E-state index in [1.807, 2.05) is 43.3 Å². The third-order valence-electron chi connectivity index (χ3n) is 5.16. The first-order valence-electron chi connectivity index (χ1n) is 10.1. The first-order valence-corrected chi connectivity index (χ1v) is 11.7. The number of rotatable bonds is 6. The standard InChI is InChI=1S/C25H20Br2N2O4/c1-2-31-22-10-15(9-20(27)24(22)32-13-14-3-5-16(26)6-4-14)23-18-8-7-17(30)11-21(18)33-25(29)19(23)12-28/h3-11,23,30H,2,13,29H2,1H3/t23-/m0/s1. The molecule has 33 heavy (non-hydrogen) atoms. The molecular formula is C25H20Br2N2O4. The molecular weight excluding hydrogens is 552 g/mol. The molecule has 3 aromatic carbocycles. The zero-order valence-electron chi connectivity index (χ0n) is 17.6. The fraction of sp³-hybridized carbons (Fsp3) is 0.160. The molecule has 0 aliphatic carbocycles. The second-order valence-corrected chi connectivity index (χ2v) is 9.10. The van der Waals surface area contributed by atoms with Crippen LogP contribution in [0.2, 0.25) is 0 Å². The summed E-state index contributed by atoms with van der Waals surface area (Å²) >= 11 is 7.05. The Morgan fingerprint density at radius 2 is 1.85 bits per heavy atom. The van der Waals surface area contributed by atoms with Crippen LogP contribution in [0.15, 0.2) is 75.0 Å². The number of nitriles is 1. The molecule has 8 heteroatoms. The zero-order valence-corrected chi connectivity index (χ0v) is 20.8. The Bertz CT molecular complexity index is 1270. The first-order chi connectivity index (χ1) is 15.9. The molecule has 0 saturated carbocycles. The molecule has 3 aromatic rings. The van der Waals surface area contributed by atoms with Gasteiger partial charge >= 0.3 is 0 Å². The van der Waals surface area contributed by atoms with E-state index in [1.165, 1.54) is 6.07 Å². The van der Waals surface area contributed by atoms with E-state index in [-0.39, 0.29) is 17.2 Å². The van der Waals surface area contributed by atoms with Crippen LogP contribution in [0.3, 0.4) is 0 Å². The second kappa shape index (κ2) is 9.77. The SMILES string of the molecule is CCOc1cc([C@@H]2C(C#N)=C(N)Oc3cc(O)ccc32)cc(Br)c1OCc1ccc(Br)cc1. The van der Waals surface area contributed by atoms with E-state index < -0.39 is 5.92 Å². The maximum atomic E-state index is 9.87. The van der Waals surface area contributed by atoms with Gasteiger partial charge in [0.05, 0.1) is 17.0 Å². The minimum absolute atomic E-state index is 0.00486.